The van der Waals surface area contributed by atoms with Gasteiger partial charge in [0, 0.05) is 5.41 Å². The van der Waals surface area contributed by atoms with Crippen LogP contribution >= 0.6 is 0 Å². The minimum Gasteiger partial charge on any atom is -0.330 e. The van der Waals surface area contributed by atoms with Gasteiger partial charge in [0.15, 0.2) is 0 Å². The molecule has 0 amide bonds. The van der Waals surface area contributed by atoms with Gasteiger partial charge >= 0.3 is 0 Å². The standard InChI is InChI=1S/C17H23N/c1-13-5-6-14-7-8-15-4-2-3-9-17(15,10-11-18)16(14)12-13/h5-6,8,12H,2-4,7,9-11,18H2,1H3. The van der Waals surface area contributed by atoms with Crippen LogP contribution in [0.15, 0.2) is 29.8 Å². The van der Waals surface area contributed by atoms with Crippen LogP contribution in [0, 0.1) is 6.92 Å². The molecule has 18 heavy (non-hydrogen) atoms. The first-order valence-corrected chi connectivity index (χ1v) is 7.26. The van der Waals surface area contributed by atoms with Crippen molar-refractivity contribution in [3.05, 3.63) is 46.5 Å². The molecule has 0 saturated heterocycles. The normalized spacial score (nSPS) is 26.2. The Kier molecular flexibility index (Phi) is 3.03. The van der Waals surface area contributed by atoms with Gasteiger partial charge in [0.2, 0.25) is 0 Å². The second-order valence-electron chi connectivity index (χ2n) is 5.92. The molecular formula is C17H23N. The molecule has 1 atom stereocenters. The first kappa shape index (κ1) is 12.0. The Morgan fingerprint density at radius 3 is 3.00 bits per heavy atom. The van der Waals surface area contributed by atoms with E-state index in [-0.39, 0.29) is 5.41 Å². The number of fused-ring (bicyclic) bond motifs is 3. The minimum atomic E-state index is 0.284. The van der Waals surface area contributed by atoms with Crippen LogP contribution in [0.3, 0.4) is 0 Å². The predicted molar refractivity (Wildman–Crippen MR) is 76.8 cm³/mol. The molecular weight excluding hydrogens is 218 g/mol. The fraction of sp³-hybridized carbons (Fsp3) is 0.529. The van der Waals surface area contributed by atoms with E-state index >= 15 is 0 Å². The summed E-state index contributed by atoms with van der Waals surface area (Å²) < 4.78 is 0. The average molecular weight is 241 g/mol. The van der Waals surface area contributed by atoms with Gasteiger partial charge < -0.3 is 5.73 Å². The van der Waals surface area contributed by atoms with Gasteiger partial charge in [0.05, 0.1) is 0 Å². The van der Waals surface area contributed by atoms with Crippen LogP contribution in [-0.2, 0) is 11.8 Å². The lowest BCUT2D eigenvalue weighted by atomic mass is 9.60. The number of hydrogen-bond acceptors (Lipinski definition) is 1. The molecule has 0 aromatic heterocycles. The molecule has 3 rings (SSSR count). The van der Waals surface area contributed by atoms with E-state index in [4.69, 9.17) is 5.73 Å². The molecule has 1 saturated carbocycles. The number of benzene rings is 1. The minimum absolute atomic E-state index is 0.284. The molecule has 0 spiro atoms. The summed E-state index contributed by atoms with van der Waals surface area (Å²) in [4.78, 5) is 0. The van der Waals surface area contributed by atoms with E-state index in [1.807, 2.05) is 0 Å². The van der Waals surface area contributed by atoms with Crippen molar-refractivity contribution in [2.75, 3.05) is 6.54 Å². The van der Waals surface area contributed by atoms with Crippen LogP contribution < -0.4 is 5.73 Å². The van der Waals surface area contributed by atoms with Crippen molar-refractivity contribution in [2.45, 2.75) is 50.9 Å². The van der Waals surface area contributed by atoms with Crippen LogP contribution in [0.5, 0.6) is 0 Å². The Bertz CT molecular complexity index is 482. The summed E-state index contributed by atoms with van der Waals surface area (Å²) >= 11 is 0. The molecule has 0 radical (unpaired) electrons. The van der Waals surface area contributed by atoms with Crippen molar-refractivity contribution in [3.8, 4) is 0 Å². The van der Waals surface area contributed by atoms with E-state index in [0.29, 0.717) is 0 Å². The van der Waals surface area contributed by atoms with E-state index in [0.717, 1.165) is 19.4 Å². The summed E-state index contributed by atoms with van der Waals surface area (Å²) in [5.74, 6) is 0. The van der Waals surface area contributed by atoms with Crippen LogP contribution in [0.1, 0.15) is 48.8 Å². The summed E-state index contributed by atoms with van der Waals surface area (Å²) in [6.45, 7) is 3.00. The molecule has 96 valence electrons. The van der Waals surface area contributed by atoms with E-state index in [1.165, 1.54) is 36.8 Å². The number of aryl methyl sites for hydroxylation is 1. The third kappa shape index (κ3) is 1.73. The highest BCUT2D eigenvalue weighted by molar-refractivity contribution is 5.49. The van der Waals surface area contributed by atoms with Gasteiger partial charge in [-0.2, -0.15) is 0 Å². The van der Waals surface area contributed by atoms with Crippen molar-refractivity contribution >= 4 is 0 Å². The monoisotopic (exact) mass is 241 g/mol. The summed E-state index contributed by atoms with van der Waals surface area (Å²) in [6.07, 6.45) is 10.0. The molecule has 1 aromatic rings. The average Bonchev–Trinajstić information content (AvgIpc) is 2.39. The number of allylic oxidation sites excluding steroid dienone is 2. The second-order valence-corrected chi connectivity index (χ2v) is 5.92. The zero-order chi connectivity index (χ0) is 12.6. The molecule has 1 fully saturated rings. The first-order chi connectivity index (χ1) is 8.76. The van der Waals surface area contributed by atoms with Gasteiger partial charge in [-0.05, 0) is 56.7 Å². The van der Waals surface area contributed by atoms with Gasteiger partial charge in [-0.15, -0.1) is 0 Å². The maximum Gasteiger partial charge on any atom is 0.0176 e. The quantitative estimate of drug-likeness (QED) is 0.786. The van der Waals surface area contributed by atoms with Crippen molar-refractivity contribution in [1.29, 1.82) is 0 Å². The van der Waals surface area contributed by atoms with E-state index < -0.39 is 0 Å². The van der Waals surface area contributed by atoms with E-state index in [2.05, 4.69) is 31.2 Å². The summed E-state index contributed by atoms with van der Waals surface area (Å²) in [6, 6.07) is 6.99. The van der Waals surface area contributed by atoms with Crippen molar-refractivity contribution in [3.63, 3.8) is 0 Å². The third-order valence-corrected chi connectivity index (χ3v) is 4.83. The topological polar surface area (TPSA) is 26.0 Å². The summed E-state index contributed by atoms with van der Waals surface area (Å²) in [7, 11) is 0. The lowest BCUT2D eigenvalue weighted by Gasteiger charge is -2.44. The van der Waals surface area contributed by atoms with Crippen LogP contribution in [0.2, 0.25) is 0 Å². The lowest BCUT2D eigenvalue weighted by Crippen LogP contribution is -2.37. The fourth-order valence-electron chi connectivity index (χ4n) is 3.96. The molecule has 0 aliphatic heterocycles. The van der Waals surface area contributed by atoms with Gasteiger partial charge in [0.25, 0.3) is 0 Å². The molecule has 1 unspecified atom stereocenters. The number of rotatable bonds is 2. The lowest BCUT2D eigenvalue weighted by molar-refractivity contribution is 0.355. The van der Waals surface area contributed by atoms with Crippen LogP contribution in [-0.4, -0.2) is 6.54 Å². The van der Waals surface area contributed by atoms with Crippen molar-refractivity contribution in [2.24, 2.45) is 5.73 Å². The highest BCUT2D eigenvalue weighted by atomic mass is 14.6. The largest absolute Gasteiger partial charge is 0.330 e. The first-order valence-electron chi connectivity index (χ1n) is 7.26. The van der Waals surface area contributed by atoms with Crippen LogP contribution in [0.25, 0.3) is 0 Å². The van der Waals surface area contributed by atoms with Crippen molar-refractivity contribution < 1.29 is 0 Å². The van der Waals surface area contributed by atoms with Gasteiger partial charge in [-0.3, -0.25) is 0 Å². The van der Waals surface area contributed by atoms with E-state index in [9.17, 15) is 0 Å². The van der Waals surface area contributed by atoms with Gasteiger partial charge in [0.1, 0.15) is 0 Å². The Morgan fingerprint density at radius 2 is 2.17 bits per heavy atom. The maximum absolute atomic E-state index is 5.93. The molecule has 0 bridgehead atoms. The van der Waals surface area contributed by atoms with E-state index in [1.54, 1.807) is 11.1 Å². The highest BCUT2D eigenvalue weighted by Gasteiger charge is 2.40. The third-order valence-electron chi connectivity index (χ3n) is 4.83. The Labute approximate surface area is 110 Å². The Hall–Kier alpha value is -1.08. The molecule has 1 nitrogen and oxygen atoms in total. The van der Waals surface area contributed by atoms with Gasteiger partial charge in [-0.1, -0.05) is 41.8 Å². The van der Waals surface area contributed by atoms with Crippen molar-refractivity contribution in [1.82, 2.24) is 0 Å². The Balaban J connectivity index is 2.14. The SMILES string of the molecule is Cc1ccc2c(c1)C1(CCN)CCCCC1=CC2. The molecule has 0 heterocycles. The summed E-state index contributed by atoms with van der Waals surface area (Å²) in [5.41, 5.74) is 12.4. The predicted octanol–water partition coefficient (Wildman–Crippen LogP) is 3.64. The number of nitrogens with two attached hydrogens (primary N) is 1. The van der Waals surface area contributed by atoms with Crippen LogP contribution in [0.4, 0.5) is 0 Å². The molecule has 2 N–H and O–H groups in total. The smallest absolute Gasteiger partial charge is 0.0176 e. The second kappa shape index (κ2) is 4.55. The maximum atomic E-state index is 5.93. The Morgan fingerprint density at radius 1 is 1.28 bits per heavy atom. The zero-order valence-electron chi connectivity index (χ0n) is 11.3. The zero-order valence-corrected chi connectivity index (χ0v) is 11.3. The fourth-order valence-corrected chi connectivity index (χ4v) is 3.96. The number of hydrogen-bond donors (Lipinski definition) is 1. The molecule has 2 aliphatic rings. The molecule has 1 heteroatoms. The molecule has 2 aliphatic carbocycles. The van der Waals surface area contributed by atoms with Gasteiger partial charge in [-0.25, -0.2) is 0 Å². The molecule has 1 aromatic carbocycles. The summed E-state index contributed by atoms with van der Waals surface area (Å²) in [5, 5.41) is 0. The highest BCUT2D eigenvalue weighted by Crippen LogP contribution is 2.49.